The van der Waals surface area contributed by atoms with Crippen LogP contribution in [0.15, 0.2) is 0 Å². The summed E-state index contributed by atoms with van der Waals surface area (Å²) in [6, 6.07) is 0.627. The second-order valence-corrected chi connectivity index (χ2v) is 19.3. The molecule has 1 aliphatic carbocycles. The van der Waals surface area contributed by atoms with Gasteiger partial charge in [-0.05, 0) is 95.6 Å². The summed E-state index contributed by atoms with van der Waals surface area (Å²) in [5, 5.41) is 24.0. The summed E-state index contributed by atoms with van der Waals surface area (Å²) in [6.45, 7) is 15.9. The summed E-state index contributed by atoms with van der Waals surface area (Å²) in [6.07, 6.45) is 43.8. The molecule has 1 rings (SSSR count). The van der Waals surface area contributed by atoms with Gasteiger partial charge in [0.15, 0.2) is 6.29 Å². The molecule has 3 unspecified atom stereocenters. The summed E-state index contributed by atoms with van der Waals surface area (Å²) < 4.78 is 6.09. The van der Waals surface area contributed by atoms with E-state index < -0.39 is 6.29 Å². The van der Waals surface area contributed by atoms with Crippen LogP contribution in [0.4, 0.5) is 0 Å². The zero-order valence-electron chi connectivity index (χ0n) is 41.0. The van der Waals surface area contributed by atoms with Crippen molar-refractivity contribution >= 4 is 5.91 Å². The molecule has 1 saturated carbocycles. The maximum Gasteiger partial charge on any atom is 0.220 e. The van der Waals surface area contributed by atoms with Gasteiger partial charge in [0.2, 0.25) is 5.91 Å². The highest BCUT2D eigenvalue weighted by atomic mass is 16.6. The summed E-state index contributed by atoms with van der Waals surface area (Å²) in [7, 11) is 0. The molecule has 7 heteroatoms. The molecule has 0 aliphatic heterocycles. The highest BCUT2D eigenvalue weighted by molar-refractivity contribution is 5.75. The number of carbonyl (C=O) groups excluding carboxylic acids is 1. The zero-order valence-corrected chi connectivity index (χ0v) is 41.0. The first-order valence-electron chi connectivity index (χ1n) is 27.1. The smallest absolute Gasteiger partial charge is 0.220 e. The molecule has 0 aromatic carbocycles. The number of amides is 1. The lowest BCUT2D eigenvalue weighted by Gasteiger charge is -2.31. The molecule has 0 aromatic heterocycles. The monoisotopic (exact) mass is 850 g/mol. The van der Waals surface area contributed by atoms with Crippen molar-refractivity contribution in [1.82, 2.24) is 15.1 Å². The molecule has 0 spiro atoms. The van der Waals surface area contributed by atoms with Gasteiger partial charge in [-0.3, -0.25) is 9.69 Å². The number of aliphatic hydroxyl groups excluding tert-OH is 2. The van der Waals surface area contributed by atoms with E-state index in [9.17, 15) is 15.0 Å². The number of nitrogens with one attached hydrogen (secondary N) is 1. The van der Waals surface area contributed by atoms with Crippen molar-refractivity contribution in [3.05, 3.63) is 0 Å². The summed E-state index contributed by atoms with van der Waals surface area (Å²) in [5.74, 6) is 1.46. The van der Waals surface area contributed by atoms with Crippen LogP contribution in [0, 0.1) is 11.8 Å². The van der Waals surface area contributed by atoms with Gasteiger partial charge < -0.3 is 25.2 Å². The molecule has 3 atom stereocenters. The zero-order chi connectivity index (χ0) is 43.6. The highest BCUT2D eigenvalue weighted by Crippen LogP contribution is 2.24. The van der Waals surface area contributed by atoms with E-state index in [0.717, 1.165) is 84.2 Å². The fourth-order valence-electron chi connectivity index (χ4n) is 9.59. The van der Waals surface area contributed by atoms with Gasteiger partial charge in [0, 0.05) is 38.6 Å². The Labute approximate surface area is 375 Å². The van der Waals surface area contributed by atoms with E-state index in [2.05, 4.69) is 42.8 Å². The molecule has 1 amide bonds. The van der Waals surface area contributed by atoms with Crippen molar-refractivity contribution in [3.8, 4) is 0 Å². The number of aliphatic hydroxyl groups is 2. The standard InChI is InChI=1S/C53H107N3O4/c1-5-9-13-17-19-25-34-49(33-23-15-11-7-3)47-54-52(58)39-27-21-31-41-55(43-44-56(45-46-57)51-37-29-30-38-51)42-32-22-28-40-53(59)60-48-50(35-24-16-12-8-4)36-26-20-18-14-10-6-2/h49-51,53,57,59H,5-48H2,1-4H3,(H,54,58). The number of carbonyl (C=O) groups is 1. The number of nitrogens with zero attached hydrogens (tertiary/aromatic N) is 2. The predicted octanol–water partition coefficient (Wildman–Crippen LogP) is 13.8. The van der Waals surface area contributed by atoms with E-state index in [4.69, 9.17) is 4.74 Å². The Morgan fingerprint density at radius 2 is 1.00 bits per heavy atom. The fourth-order valence-corrected chi connectivity index (χ4v) is 9.59. The van der Waals surface area contributed by atoms with Crippen LogP contribution in [-0.4, -0.2) is 90.7 Å². The first-order chi connectivity index (χ1) is 29.5. The third-order valence-electron chi connectivity index (χ3n) is 13.7. The average Bonchev–Trinajstić information content (AvgIpc) is 3.80. The average molecular weight is 850 g/mol. The van der Waals surface area contributed by atoms with Gasteiger partial charge in [-0.2, -0.15) is 0 Å². The topological polar surface area (TPSA) is 85.3 Å². The first-order valence-corrected chi connectivity index (χ1v) is 27.1. The molecule has 7 nitrogen and oxygen atoms in total. The van der Waals surface area contributed by atoms with E-state index in [1.165, 1.54) is 180 Å². The van der Waals surface area contributed by atoms with Crippen LogP contribution in [0.2, 0.25) is 0 Å². The molecule has 1 fully saturated rings. The summed E-state index contributed by atoms with van der Waals surface area (Å²) in [4.78, 5) is 18.1. The van der Waals surface area contributed by atoms with Crippen LogP contribution >= 0.6 is 0 Å². The van der Waals surface area contributed by atoms with Crippen LogP contribution in [0.25, 0.3) is 0 Å². The van der Waals surface area contributed by atoms with E-state index in [1.807, 2.05) is 0 Å². The third-order valence-corrected chi connectivity index (χ3v) is 13.7. The van der Waals surface area contributed by atoms with Gasteiger partial charge in [0.1, 0.15) is 0 Å². The van der Waals surface area contributed by atoms with Crippen molar-refractivity contribution in [2.45, 2.75) is 271 Å². The molecule has 0 heterocycles. The van der Waals surface area contributed by atoms with Gasteiger partial charge in [-0.15, -0.1) is 0 Å². The number of unbranched alkanes of at least 4 members (excludes halogenated alkanes) is 20. The van der Waals surface area contributed by atoms with E-state index in [-0.39, 0.29) is 12.5 Å². The van der Waals surface area contributed by atoms with Crippen LogP contribution in [0.1, 0.15) is 259 Å². The Kier molecular flexibility index (Phi) is 41.5. The van der Waals surface area contributed by atoms with Crippen molar-refractivity contribution in [3.63, 3.8) is 0 Å². The molecule has 0 saturated heterocycles. The molecular formula is C53H107N3O4. The third kappa shape index (κ3) is 34.7. The lowest BCUT2D eigenvalue weighted by Crippen LogP contribution is -2.42. The van der Waals surface area contributed by atoms with Gasteiger partial charge in [-0.25, -0.2) is 0 Å². The maximum absolute atomic E-state index is 12.9. The van der Waals surface area contributed by atoms with Crippen molar-refractivity contribution < 1.29 is 19.7 Å². The van der Waals surface area contributed by atoms with Gasteiger partial charge in [0.05, 0.1) is 13.2 Å². The molecule has 60 heavy (non-hydrogen) atoms. The molecule has 1 aliphatic rings. The van der Waals surface area contributed by atoms with Crippen LogP contribution < -0.4 is 5.32 Å². The Morgan fingerprint density at radius 1 is 0.550 bits per heavy atom. The van der Waals surface area contributed by atoms with Crippen molar-refractivity contribution in [2.24, 2.45) is 11.8 Å². The Morgan fingerprint density at radius 3 is 1.53 bits per heavy atom. The largest absolute Gasteiger partial charge is 0.395 e. The first kappa shape index (κ1) is 57.3. The van der Waals surface area contributed by atoms with Crippen LogP contribution in [0.5, 0.6) is 0 Å². The second kappa shape index (κ2) is 43.5. The Balaban J connectivity index is 2.51. The van der Waals surface area contributed by atoms with E-state index in [1.54, 1.807) is 0 Å². The van der Waals surface area contributed by atoms with E-state index in [0.29, 0.717) is 30.9 Å². The lowest BCUT2D eigenvalue weighted by molar-refractivity contribution is -0.121. The van der Waals surface area contributed by atoms with Gasteiger partial charge in [-0.1, -0.05) is 182 Å². The summed E-state index contributed by atoms with van der Waals surface area (Å²) >= 11 is 0. The van der Waals surface area contributed by atoms with Crippen LogP contribution in [0.3, 0.4) is 0 Å². The minimum atomic E-state index is -0.642. The van der Waals surface area contributed by atoms with Gasteiger partial charge in [0.25, 0.3) is 0 Å². The van der Waals surface area contributed by atoms with Crippen molar-refractivity contribution in [1.29, 1.82) is 0 Å². The Hall–Kier alpha value is -0.730. The number of rotatable bonds is 47. The van der Waals surface area contributed by atoms with E-state index >= 15 is 0 Å². The second-order valence-electron chi connectivity index (χ2n) is 19.3. The minimum Gasteiger partial charge on any atom is -0.395 e. The fraction of sp³-hybridized carbons (Fsp3) is 0.981. The molecule has 0 radical (unpaired) electrons. The normalized spacial score (nSPS) is 15.1. The molecule has 0 aromatic rings. The van der Waals surface area contributed by atoms with Crippen LogP contribution in [-0.2, 0) is 9.53 Å². The highest BCUT2D eigenvalue weighted by Gasteiger charge is 2.22. The molecular weight excluding hydrogens is 743 g/mol. The predicted molar refractivity (Wildman–Crippen MR) is 260 cm³/mol. The maximum atomic E-state index is 12.9. The minimum absolute atomic E-state index is 0.236. The number of hydrogen-bond acceptors (Lipinski definition) is 6. The lowest BCUT2D eigenvalue weighted by atomic mass is 9.94. The number of ether oxygens (including phenoxy) is 1. The quantitative estimate of drug-likeness (QED) is 0.0418. The summed E-state index contributed by atoms with van der Waals surface area (Å²) in [5.41, 5.74) is 0. The molecule has 358 valence electrons. The van der Waals surface area contributed by atoms with Gasteiger partial charge >= 0.3 is 0 Å². The van der Waals surface area contributed by atoms with Crippen molar-refractivity contribution in [2.75, 3.05) is 52.5 Å². The molecule has 3 N–H and O–H groups in total. The number of hydrogen-bond donors (Lipinski definition) is 3. The molecule has 0 bridgehead atoms. The Bertz CT molecular complexity index is 886. The SMILES string of the molecule is CCCCCCCCC(CCCCCC)CNC(=O)CCCCCN(CCCCCC(O)OCC(CCCCCC)CCCCCCCC)CCN(CCO)C1CCCC1.